The first-order chi connectivity index (χ1) is 15.1. The van der Waals surface area contributed by atoms with E-state index in [1.54, 1.807) is 29.7 Å². The van der Waals surface area contributed by atoms with Gasteiger partial charge in [0.2, 0.25) is 5.95 Å². The molecule has 3 heterocycles. The summed E-state index contributed by atoms with van der Waals surface area (Å²) in [6.45, 7) is 2.39. The number of hydrogen-bond donors (Lipinski definition) is 1. The fourth-order valence-corrected chi connectivity index (χ4v) is 4.76. The van der Waals surface area contributed by atoms with Crippen LogP contribution in [0.4, 0.5) is 10.3 Å². The number of rotatable bonds is 3. The summed E-state index contributed by atoms with van der Waals surface area (Å²) in [5.74, 6) is 0.227. The highest BCUT2D eigenvalue weighted by atomic mass is 32.1. The van der Waals surface area contributed by atoms with E-state index in [-0.39, 0.29) is 5.95 Å². The third kappa shape index (κ3) is 3.27. The Hall–Kier alpha value is -3.58. The number of aromatic nitrogens is 2. The number of methoxy groups -OCH3 is 1. The number of ether oxygens (including phenoxy) is 1. The van der Waals surface area contributed by atoms with Crippen LogP contribution in [-0.4, -0.2) is 22.8 Å². The third-order valence-corrected chi connectivity index (χ3v) is 6.28. The Morgan fingerprint density at radius 1 is 1.10 bits per heavy atom. The average molecular weight is 431 g/mol. The summed E-state index contributed by atoms with van der Waals surface area (Å²) >= 11 is 1.65. The Morgan fingerprint density at radius 3 is 2.74 bits per heavy atom. The van der Waals surface area contributed by atoms with Crippen LogP contribution in [0.15, 0.2) is 58.3 Å². The quantitative estimate of drug-likeness (QED) is 0.481. The van der Waals surface area contributed by atoms with Gasteiger partial charge in [-0.1, -0.05) is 18.2 Å². The van der Waals surface area contributed by atoms with Crippen molar-refractivity contribution in [1.82, 2.24) is 9.97 Å². The topological polar surface area (TPSA) is 73.4 Å². The van der Waals surface area contributed by atoms with Crippen molar-refractivity contribution in [2.45, 2.75) is 13.5 Å². The van der Waals surface area contributed by atoms with Crippen LogP contribution in [0.25, 0.3) is 22.4 Å². The number of halogens is 1. The first-order valence-corrected chi connectivity index (χ1v) is 10.7. The standard InChI is InChI=1S/C24H19FN4OS/c1-13-11-31-12-18(13)14-6-7-16-17(8-14)23(21-19(25)4-3-5-20(21)30-2)27-9-15-10-28-24(26)29-22(15)16/h3-8,10-12H,9H2,1-2H3,(H2,26,28,29). The lowest BCUT2D eigenvalue weighted by molar-refractivity contribution is 0.410. The Morgan fingerprint density at radius 2 is 1.97 bits per heavy atom. The molecule has 5 nitrogen and oxygen atoms in total. The molecule has 0 spiro atoms. The van der Waals surface area contributed by atoms with Gasteiger partial charge in [-0.15, -0.1) is 0 Å². The van der Waals surface area contributed by atoms with E-state index < -0.39 is 5.82 Å². The maximum Gasteiger partial charge on any atom is 0.220 e. The number of anilines is 1. The molecule has 0 unspecified atom stereocenters. The van der Waals surface area contributed by atoms with Crippen molar-refractivity contribution in [3.8, 4) is 28.1 Å². The van der Waals surface area contributed by atoms with Crippen molar-refractivity contribution in [2.24, 2.45) is 4.99 Å². The summed E-state index contributed by atoms with van der Waals surface area (Å²) in [5, 5.41) is 4.22. The number of aliphatic imine (C=N–C) groups is 1. The number of fused-ring (bicyclic) bond motifs is 3. The van der Waals surface area contributed by atoms with Gasteiger partial charge in [-0.3, -0.25) is 4.99 Å². The van der Waals surface area contributed by atoms with Gasteiger partial charge in [-0.2, -0.15) is 11.3 Å². The molecule has 2 N–H and O–H groups in total. The lowest BCUT2D eigenvalue weighted by Gasteiger charge is -2.16. The van der Waals surface area contributed by atoms with E-state index in [1.165, 1.54) is 18.7 Å². The van der Waals surface area contributed by atoms with Gasteiger partial charge in [0.05, 0.1) is 30.6 Å². The molecule has 7 heteroatoms. The zero-order chi connectivity index (χ0) is 21.5. The maximum absolute atomic E-state index is 15.1. The summed E-state index contributed by atoms with van der Waals surface area (Å²) in [5.41, 5.74) is 13.3. The zero-order valence-corrected chi connectivity index (χ0v) is 17.8. The summed E-state index contributed by atoms with van der Waals surface area (Å²) in [6, 6.07) is 10.9. The first kappa shape index (κ1) is 19.4. The molecule has 5 rings (SSSR count). The van der Waals surface area contributed by atoms with Crippen LogP contribution in [0, 0.1) is 12.7 Å². The van der Waals surface area contributed by atoms with Crippen LogP contribution in [0.5, 0.6) is 5.75 Å². The van der Waals surface area contributed by atoms with Crippen LogP contribution < -0.4 is 10.5 Å². The molecule has 0 fully saturated rings. The second-order valence-electron chi connectivity index (χ2n) is 7.31. The van der Waals surface area contributed by atoms with Crippen LogP contribution in [-0.2, 0) is 6.54 Å². The van der Waals surface area contributed by atoms with Gasteiger partial charge >= 0.3 is 0 Å². The van der Waals surface area contributed by atoms with Gasteiger partial charge in [0.1, 0.15) is 11.6 Å². The van der Waals surface area contributed by atoms with Crippen LogP contribution in [0.1, 0.15) is 22.3 Å². The van der Waals surface area contributed by atoms with Gasteiger partial charge in [-0.25, -0.2) is 14.4 Å². The number of nitrogens with two attached hydrogens (primary N) is 1. The van der Waals surface area contributed by atoms with Gasteiger partial charge in [0.15, 0.2) is 0 Å². The molecule has 0 atom stereocenters. The Kier molecular flexibility index (Phi) is 4.75. The van der Waals surface area contributed by atoms with E-state index in [4.69, 9.17) is 15.5 Å². The van der Waals surface area contributed by atoms with Gasteiger partial charge < -0.3 is 10.5 Å². The number of thiophene rings is 1. The molecule has 0 radical (unpaired) electrons. The second-order valence-corrected chi connectivity index (χ2v) is 8.06. The van der Waals surface area contributed by atoms with Crippen LogP contribution in [0.2, 0.25) is 0 Å². The largest absolute Gasteiger partial charge is 0.496 e. The lowest BCUT2D eigenvalue weighted by Crippen LogP contribution is -2.10. The van der Waals surface area contributed by atoms with Gasteiger partial charge in [0, 0.05) is 22.9 Å². The van der Waals surface area contributed by atoms with Crippen molar-refractivity contribution in [1.29, 1.82) is 0 Å². The minimum atomic E-state index is -0.391. The molecule has 2 aromatic carbocycles. The highest BCUT2D eigenvalue weighted by Gasteiger charge is 2.25. The van der Waals surface area contributed by atoms with Crippen LogP contribution in [0.3, 0.4) is 0 Å². The predicted octanol–water partition coefficient (Wildman–Crippen LogP) is 5.26. The lowest BCUT2D eigenvalue weighted by atomic mass is 9.91. The summed E-state index contributed by atoms with van der Waals surface area (Å²) in [7, 11) is 1.53. The third-order valence-electron chi connectivity index (χ3n) is 5.42. The minimum absolute atomic E-state index is 0.189. The number of benzene rings is 2. The van der Waals surface area contributed by atoms with Gasteiger partial charge in [-0.05, 0) is 52.6 Å². The predicted molar refractivity (Wildman–Crippen MR) is 122 cm³/mol. The Labute approximate surface area is 183 Å². The molecule has 0 aliphatic carbocycles. The molecule has 1 aliphatic rings. The second kappa shape index (κ2) is 7.59. The minimum Gasteiger partial charge on any atom is -0.496 e. The zero-order valence-electron chi connectivity index (χ0n) is 17.0. The summed E-state index contributed by atoms with van der Waals surface area (Å²) in [6.07, 6.45) is 1.68. The van der Waals surface area contributed by atoms with E-state index in [0.717, 1.165) is 27.8 Å². The van der Waals surface area contributed by atoms with E-state index in [9.17, 15) is 0 Å². The molecular formula is C24H19FN4OS. The van der Waals surface area contributed by atoms with Crippen molar-refractivity contribution < 1.29 is 9.13 Å². The van der Waals surface area contributed by atoms with Crippen molar-refractivity contribution in [2.75, 3.05) is 12.8 Å². The van der Waals surface area contributed by atoms with E-state index in [2.05, 4.69) is 33.7 Å². The van der Waals surface area contributed by atoms with Crippen LogP contribution >= 0.6 is 11.3 Å². The number of aryl methyl sites for hydroxylation is 1. The summed E-state index contributed by atoms with van der Waals surface area (Å²) < 4.78 is 20.6. The Bertz CT molecular complexity index is 1350. The molecule has 31 heavy (non-hydrogen) atoms. The SMILES string of the molecule is COc1cccc(F)c1C1=NCc2cnc(N)nc2-c2ccc(-c3cscc3C)cc21. The molecule has 4 aromatic rings. The normalized spacial score (nSPS) is 12.5. The fraction of sp³-hybridized carbons (Fsp3) is 0.125. The molecule has 1 aliphatic heterocycles. The molecule has 2 aromatic heterocycles. The van der Waals surface area contributed by atoms with E-state index >= 15 is 4.39 Å². The highest BCUT2D eigenvalue weighted by Crippen LogP contribution is 2.37. The van der Waals surface area contributed by atoms with E-state index in [1.807, 2.05) is 12.1 Å². The number of nitrogens with zero attached hydrogens (tertiary/aromatic N) is 3. The number of hydrogen-bond acceptors (Lipinski definition) is 6. The number of nitrogen functional groups attached to an aromatic ring is 1. The fourth-order valence-electron chi connectivity index (χ4n) is 3.91. The van der Waals surface area contributed by atoms with Crippen molar-refractivity contribution in [3.63, 3.8) is 0 Å². The van der Waals surface area contributed by atoms with Crippen molar-refractivity contribution >= 4 is 23.0 Å². The molecule has 0 bridgehead atoms. The van der Waals surface area contributed by atoms with E-state index in [0.29, 0.717) is 29.3 Å². The molecule has 0 amide bonds. The molecular weight excluding hydrogens is 411 g/mol. The molecule has 0 saturated heterocycles. The molecule has 154 valence electrons. The first-order valence-electron chi connectivity index (χ1n) is 9.73. The smallest absolute Gasteiger partial charge is 0.220 e. The average Bonchev–Trinajstić information content (AvgIpc) is 3.14. The monoisotopic (exact) mass is 430 g/mol. The van der Waals surface area contributed by atoms with Gasteiger partial charge in [0.25, 0.3) is 0 Å². The summed E-state index contributed by atoms with van der Waals surface area (Å²) in [4.78, 5) is 13.4. The highest BCUT2D eigenvalue weighted by molar-refractivity contribution is 7.08. The van der Waals surface area contributed by atoms with Crippen molar-refractivity contribution in [3.05, 3.63) is 81.4 Å². The molecule has 0 saturated carbocycles. The maximum atomic E-state index is 15.1. The Balaban J connectivity index is 1.82.